The molecular formula is C44H48O4. The number of carbonyl (C=O) groups is 1. The van der Waals surface area contributed by atoms with Gasteiger partial charge in [-0.05, 0) is 113 Å². The fraction of sp³-hybridized carbons (Fsp3) is 0.386. The number of hydrogen-bond acceptors (Lipinski definition) is 4. The van der Waals surface area contributed by atoms with Crippen LogP contribution in [0.5, 0.6) is 0 Å². The van der Waals surface area contributed by atoms with E-state index in [2.05, 4.69) is 94.4 Å². The molecule has 0 aliphatic heterocycles. The number of aliphatic hydroxyl groups is 1. The quantitative estimate of drug-likeness (QED) is 0.221. The van der Waals surface area contributed by atoms with Gasteiger partial charge in [0.05, 0.1) is 18.3 Å². The van der Waals surface area contributed by atoms with E-state index in [1.807, 2.05) is 19.2 Å². The number of allylic oxidation sites excluding steroid dienone is 1. The molecule has 0 saturated carbocycles. The number of aliphatic hydroxyl groups excluding tert-OH is 1. The van der Waals surface area contributed by atoms with Gasteiger partial charge in [-0.1, -0.05) is 97.8 Å². The molecule has 8 rings (SSSR count). The van der Waals surface area contributed by atoms with E-state index < -0.39 is 0 Å². The highest BCUT2D eigenvalue weighted by Gasteiger charge is 2.35. The molecule has 0 bridgehead atoms. The molecule has 0 fully saturated rings. The van der Waals surface area contributed by atoms with Crippen LogP contribution in [0.25, 0.3) is 6.08 Å². The van der Waals surface area contributed by atoms with Crippen LogP contribution in [0, 0.1) is 31.6 Å². The molecule has 6 atom stereocenters. The molecule has 248 valence electrons. The van der Waals surface area contributed by atoms with Gasteiger partial charge in [-0.3, -0.25) is 4.79 Å². The van der Waals surface area contributed by atoms with E-state index in [9.17, 15) is 9.90 Å². The van der Waals surface area contributed by atoms with Gasteiger partial charge in [-0.15, -0.1) is 0 Å². The second kappa shape index (κ2) is 13.2. The van der Waals surface area contributed by atoms with E-state index in [4.69, 9.17) is 9.47 Å². The Balaban J connectivity index is 0.000000152. The van der Waals surface area contributed by atoms with Crippen molar-refractivity contribution in [3.05, 3.63) is 145 Å². The number of benzene rings is 4. The highest BCUT2D eigenvalue weighted by molar-refractivity contribution is 6.15. The lowest BCUT2D eigenvalue weighted by Crippen LogP contribution is -2.12. The SMILES string of the molecule is COC1c2cccc(/C=C3\Cc4cc(C)ccc4C3=O)c2CC1C.COC1c2cccc(CC3Cc4cc(C)ccc4C3O)c2CC1C. The Morgan fingerprint density at radius 3 is 2.08 bits per heavy atom. The zero-order valence-corrected chi connectivity index (χ0v) is 29.2. The Kier molecular flexibility index (Phi) is 9.02. The molecule has 0 spiro atoms. The van der Waals surface area contributed by atoms with Crippen molar-refractivity contribution in [2.45, 2.75) is 78.1 Å². The predicted octanol–water partition coefficient (Wildman–Crippen LogP) is 9.02. The third-order valence-corrected chi connectivity index (χ3v) is 11.3. The molecule has 1 N–H and O–H groups in total. The zero-order chi connectivity index (χ0) is 33.7. The zero-order valence-electron chi connectivity index (χ0n) is 29.2. The van der Waals surface area contributed by atoms with E-state index in [0.29, 0.717) is 11.8 Å². The summed E-state index contributed by atoms with van der Waals surface area (Å²) in [5.41, 5.74) is 15.8. The first-order chi connectivity index (χ1) is 23.2. The van der Waals surface area contributed by atoms with Crippen molar-refractivity contribution < 1.29 is 19.4 Å². The second-order valence-electron chi connectivity index (χ2n) is 14.7. The standard InChI is InChI=1S/C22H26O2.C22H22O2/c2*1-13-7-8-18-16(9-13)12-17(21(18)23)11-15-5-4-6-19-20(15)10-14(2)22(19)24-3/h4-9,14,17,21-23H,10-12H2,1-3H3;4-9,11,14,22H,10,12H2,1-3H3/b;17-11+. The van der Waals surface area contributed by atoms with Gasteiger partial charge in [0, 0.05) is 31.8 Å². The molecule has 4 heteroatoms. The van der Waals surface area contributed by atoms with Gasteiger partial charge in [0.25, 0.3) is 0 Å². The molecule has 4 aromatic rings. The Bertz CT molecular complexity index is 1900. The van der Waals surface area contributed by atoms with Crippen LogP contribution in [0.3, 0.4) is 0 Å². The van der Waals surface area contributed by atoms with E-state index in [1.165, 1.54) is 50.1 Å². The van der Waals surface area contributed by atoms with Gasteiger partial charge in [0.15, 0.2) is 5.78 Å². The summed E-state index contributed by atoms with van der Waals surface area (Å²) >= 11 is 0. The largest absolute Gasteiger partial charge is 0.388 e. The maximum Gasteiger partial charge on any atom is 0.189 e. The first-order valence-corrected chi connectivity index (χ1v) is 17.6. The van der Waals surface area contributed by atoms with Crippen LogP contribution >= 0.6 is 0 Å². The molecule has 4 aliphatic rings. The van der Waals surface area contributed by atoms with Crippen LogP contribution in [0.4, 0.5) is 0 Å². The molecule has 4 aromatic carbocycles. The third kappa shape index (κ3) is 5.89. The van der Waals surface area contributed by atoms with Gasteiger partial charge in [-0.2, -0.15) is 0 Å². The van der Waals surface area contributed by atoms with Crippen molar-refractivity contribution in [1.29, 1.82) is 0 Å². The Morgan fingerprint density at radius 1 is 0.750 bits per heavy atom. The van der Waals surface area contributed by atoms with Crippen molar-refractivity contribution in [3.8, 4) is 0 Å². The molecule has 48 heavy (non-hydrogen) atoms. The number of rotatable bonds is 5. The van der Waals surface area contributed by atoms with E-state index in [0.717, 1.165) is 54.4 Å². The summed E-state index contributed by atoms with van der Waals surface area (Å²) < 4.78 is 11.4. The van der Waals surface area contributed by atoms with Crippen molar-refractivity contribution >= 4 is 11.9 Å². The molecule has 4 aliphatic carbocycles. The minimum atomic E-state index is -0.339. The monoisotopic (exact) mass is 640 g/mol. The summed E-state index contributed by atoms with van der Waals surface area (Å²) in [7, 11) is 3.59. The third-order valence-electron chi connectivity index (χ3n) is 11.3. The van der Waals surface area contributed by atoms with Gasteiger partial charge in [0.1, 0.15) is 0 Å². The number of Topliss-reactive ketones (excluding diaryl/α,β-unsaturated/α-hetero) is 1. The molecule has 6 unspecified atom stereocenters. The van der Waals surface area contributed by atoms with Crippen molar-refractivity contribution in [1.82, 2.24) is 0 Å². The average Bonchev–Trinajstić information content (AvgIpc) is 3.77. The molecule has 4 nitrogen and oxygen atoms in total. The Morgan fingerprint density at radius 2 is 1.38 bits per heavy atom. The van der Waals surface area contributed by atoms with Crippen LogP contribution in [-0.2, 0) is 41.6 Å². The number of ether oxygens (including phenoxy) is 2. The minimum Gasteiger partial charge on any atom is -0.388 e. The Hall–Kier alpha value is -3.83. The maximum atomic E-state index is 12.7. The first-order valence-electron chi connectivity index (χ1n) is 17.6. The summed E-state index contributed by atoms with van der Waals surface area (Å²) in [6, 6.07) is 25.5. The van der Waals surface area contributed by atoms with Gasteiger partial charge >= 0.3 is 0 Å². The van der Waals surface area contributed by atoms with E-state index in [-0.39, 0.29) is 30.0 Å². The molecule has 0 radical (unpaired) electrons. The lowest BCUT2D eigenvalue weighted by molar-refractivity contribution is 0.0695. The topological polar surface area (TPSA) is 55.8 Å². The number of aryl methyl sites for hydroxylation is 2. The fourth-order valence-corrected chi connectivity index (χ4v) is 8.98. The van der Waals surface area contributed by atoms with Gasteiger partial charge in [0.2, 0.25) is 0 Å². The fourth-order valence-electron chi connectivity index (χ4n) is 8.98. The number of methoxy groups -OCH3 is 2. The first kappa shape index (κ1) is 32.7. The molecule has 0 aromatic heterocycles. The average molecular weight is 641 g/mol. The van der Waals surface area contributed by atoms with Crippen LogP contribution < -0.4 is 0 Å². The van der Waals surface area contributed by atoms with Crippen molar-refractivity contribution in [2.75, 3.05) is 14.2 Å². The predicted molar refractivity (Wildman–Crippen MR) is 192 cm³/mol. The second-order valence-corrected chi connectivity index (χ2v) is 14.7. The van der Waals surface area contributed by atoms with Crippen LogP contribution in [0.1, 0.15) is 104 Å². The molecule has 0 heterocycles. The van der Waals surface area contributed by atoms with Crippen molar-refractivity contribution in [2.24, 2.45) is 17.8 Å². The number of fused-ring (bicyclic) bond motifs is 4. The van der Waals surface area contributed by atoms with E-state index in [1.54, 1.807) is 7.11 Å². The van der Waals surface area contributed by atoms with Gasteiger partial charge < -0.3 is 14.6 Å². The molecular weight excluding hydrogens is 592 g/mol. The number of ketones is 1. The molecule has 0 amide bonds. The normalized spacial score (nSPS) is 25.8. The van der Waals surface area contributed by atoms with E-state index >= 15 is 0 Å². The number of carbonyl (C=O) groups excluding carboxylic acids is 1. The highest BCUT2D eigenvalue weighted by Crippen LogP contribution is 2.44. The van der Waals surface area contributed by atoms with Crippen LogP contribution in [0.2, 0.25) is 0 Å². The number of hydrogen-bond donors (Lipinski definition) is 1. The van der Waals surface area contributed by atoms with Crippen LogP contribution in [-0.4, -0.2) is 25.1 Å². The molecule has 0 saturated heterocycles. The lowest BCUT2D eigenvalue weighted by atomic mass is 9.90. The summed E-state index contributed by atoms with van der Waals surface area (Å²) in [5, 5.41) is 10.8. The lowest BCUT2D eigenvalue weighted by Gasteiger charge is -2.18. The highest BCUT2D eigenvalue weighted by atomic mass is 16.5. The van der Waals surface area contributed by atoms with Crippen molar-refractivity contribution in [3.63, 3.8) is 0 Å². The minimum absolute atomic E-state index is 0.164. The summed E-state index contributed by atoms with van der Waals surface area (Å²) in [4.78, 5) is 12.7. The summed E-state index contributed by atoms with van der Waals surface area (Å²) in [5.74, 6) is 1.46. The maximum absolute atomic E-state index is 12.7. The Labute approximate surface area is 285 Å². The summed E-state index contributed by atoms with van der Waals surface area (Å²) in [6.07, 6.45) is 6.89. The van der Waals surface area contributed by atoms with Crippen LogP contribution in [0.15, 0.2) is 78.4 Å². The van der Waals surface area contributed by atoms with Gasteiger partial charge in [-0.25, -0.2) is 0 Å². The summed E-state index contributed by atoms with van der Waals surface area (Å²) in [6.45, 7) is 8.69. The smallest absolute Gasteiger partial charge is 0.189 e.